The van der Waals surface area contributed by atoms with Crippen LogP contribution in [0.25, 0.3) is 20.8 Å². The number of pyridine rings is 1. The molecule has 0 amide bonds. The van der Waals surface area contributed by atoms with Crippen molar-refractivity contribution >= 4 is 43.2 Å². The number of hydrogen-bond acceptors (Lipinski definition) is 11. The lowest BCUT2D eigenvalue weighted by atomic mass is 10.1. The summed E-state index contributed by atoms with van der Waals surface area (Å²) < 4.78 is 47.0. The first-order chi connectivity index (χ1) is 20.5. The van der Waals surface area contributed by atoms with Crippen LogP contribution in [0.2, 0.25) is 0 Å². The molecule has 0 aliphatic heterocycles. The van der Waals surface area contributed by atoms with Gasteiger partial charge in [-0.2, -0.15) is 4.98 Å². The molecule has 10 nitrogen and oxygen atoms in total. The minimum Gasteiger partial charge on any atom is -0.388 e. The van der Waals surface area contributed by atoms with Gasteiger partial charge < -0.3 is 20.5 Å². The molecule has 226 valence electrons. The number of sulfone groups is 1. The van der Waals surface area contributed by atoms with Crippen LogP contribution in [0.4, 0.5) is 16.2 Å². The number of nitrogens with one attached hydrogen (secondary N) is 2. The number of anilines is 2. The van der Waals surface area contributed by atoms with E-state index in [4.69, 9.17) is 19.7 Å². The molecule has 13 heteroatoms. The molecule has 0 radical (unpaired) electrons. The van der Waals surface area contributed by atoms with Gasteiger partial charge in [-0.3, -0.25) is 4.98 Å². The smallest absolute Gasteiger partial charge is 0.225 e. The van der Waals surface area contributed by atoms with Gasteiger partial charge in [-0.25, -0.2) is 22.8 Å². The van der Waals surface area contributed by atoms with E-state index in [1.807, 2.05) is 19.9 Å². The SMILES string of the molecule is C=C[C@H](CNc1nc(C)c(-c2nc3c(C)nccc3s2)c(N[C@@H]2C[C@@H]3C(S(=O)(=O)c4ccc(F)c(C)c4)[C@]3(O)C2)n1)OC. The van der Waals surface area contributed by atoms with E-state index in [1.165, 1.54) is 30.4 Å². The molecule has 4 aromatic rings. The topological polar surface area (TPSA) is 139 Å². The maximum absolute atomic E-state index is 13.8. The molecular formula is C30H33FN6O4S2. The summed E-state index contributed by atoms with van der Waals surface area (Å²) in [6.07, 6.45) is 3.85. The van der Waals surface area contributed by atoms with Crippen LogP contribution in [0.5, 0.6) is 0 Å². The van der Waals surface area contributed by atoms with Gasteiger partial charge in [0.1, 0.15) is 27.4 Å². The summed E-state index contributed by atoms with van der Waals surface area (Å²) in [6, 6.07) is 5.44. The first-order valence-electron chi connectivity index (χ1n) is 14.0. The van der Waals surface area contributed by atoms with Crippen molar-refractivity contribution in [3.05, 3.63) is 65.9 Å². The molecule has 2 saturated carbocycles. The van der Waals surface area contributed by atoms with Crippen LogP contribution < -0.4 is 10.6 Å². The summed E-state index contributed by atoms with van der Waals surface area (Å²) in [5.74, 6) is 0.0105. The zero-order chi connectivity index (χ0) is 30.7. The first kappa shape index (κ1) is 29.5. The van der Waals surface area contributed by atoms with Gasteiger partial charge in [0.15, 0.2) is 9.84 Å². The van der Waals surface area contributed by atoms with Crippen LogP contribution in [0.1, 0.15) is 29.8 Å². The Morgan fingerprint density at radius 3 is 2.67 bits per heavy atom. The summed E-state index contributed by atoms with van der Waals surface area (Å²) in [4.78, 5) is 18.7. The van der Waals surface area contributed by atoms with Crippen molar-refractivity contribution in [2.45, 2.75) is 61.5 Å². The average Bonchev–Trinajstić information content (AvgIpc) is 3.22. The fraction of sp³-hybridized carbons (Fsp3) is 0.400. The Hall–Kier alpha value is -3.52. The Morgan fingerprint density at radius 2 is 2.02 bits per heavy atom. The number of aryl methyl sites for hydroxylation is 3. The molecule has 3 N–H and O–H groups in total. The molecule has 0 bridgehead atoms. The first-order valence-corrected chi connectivity index (χ1v) is 16.3. The lowest BCUT2D eigenvalue weighted by Gasteiger charge is -2.22. The molecule has 2 aliphatic rings. The number of aromatic nitrogens is 4. The Balaban J connectivity index is 1.29. The van der Waals surface area contributed by atoms with Gasteiger partial charge in [0.25, 0.3) is 0 Å². The van der Waals surface area contributed by atoms with Gasteiger partial charge in [0, 0.05) is 31.8 Å². The van der Waals surface area contributed by atoms with Crippen molar-refractivity contribution in [1.82, 2.24) is 19.9 Å². The fourth-order valence-corrected chi connectivity index (χ4v) is 9.64. The largest absolute Gasteiger partial charge is 0.388 e. The van der Waals surface area contributed by atoms with E-state index in [2.05, 4.69) is 22.2 Å². The monoisotopic (exact) mass is 624 g/mol. The second kappa shape index (κ2) is 10.9. The molecule has 43 heavy (non-hydrogen) atoms. The number of nitrogens with zero attached hydrogens (tertiary/aromatic N) is 4. The maximum Gasteiger partial charge on any atom is 0.225 e. The third-order valence-corrected chi connectivity index (χ3v) is 11.8. The van der Waals surface area contributed by atoms with Gasteiger partial charge >= 0.3 is 0 Å². The minimum atomic E-state index is -3.84. The fourth-order valence-electron chi connectivity index (χ4n) is 6.13. The van der Waals surface area contributed by atoms with Crippen LogP contribution in [-0.4, -0.2) is 70.1 Å². The van der Waals surface area contributed by atoms with Gasteiger partial charge in [0.2, 0.25) is 5.95 Å². The molecule has 0 saturated heterocycles. The lowest BCUT2D eigenvalue weighted by Crippen LogP contribution is -2.29. The van der Waals surface area contributed by atoms with Crippen molar-refractivity contribution in [3.63, 3.8) is 0 Å². The van der Waals surface area contributed by atoms with Gasteiger partial charge in [-0.15, -0.1) is 17.9 Å². The molecule has 1 aromatic carbocycles. The predicted molar refractivity (Wildman–Crippen MR) is 165 cm³/mol. The second-order valence-electron chi connectivity index (χ2n) is 11.3. The molecular weight excluding hydrogens is 592 g/mol. The van der Waals surface area contributed by atoms with Crippen LogP contribution in [0, 0.1) is 32.5 Å². The van der Waals surface area contributed by atoms with Crippen molar-refractivity contribution in [3.8, 4) is 10.6 Å². The molecule has 6 rings (SSSR count). The minimum absolute atomic E-state index is 0.0302. The molecule has 1 unspecified atom stereocenters. The van der Waals surface area contributed by atoms with E-state index in [1.54, 1.807) is 19.4 Å². The number of halogens is 1. The van der Waals surface area contributed by atoms with E-state index < -0.39 is 32.4 Å². The number of ether oxygens (including phenoxy) is 1. The zero-order valence-electron chi connectivity index (χ0n) is 24.3. The summed E-state index contributed by atoms with van der Waals surface area (Å²) in [6.45, 7) is 9.52. The van der Waals surface area contributed by atoms with E-state index in [9.17, 15) is 17.9 Å². The van der Waals surface area contributed by atoms with E-state index in [0.29, 0.717) is 30.4 Å². The predicted octanol–water partition coefficient (Wildman–Crippen LogP) is 4.60. The number of hydrogen-bond donors (Lipinski definition) is 3. The third kappa shape index (κ3) is 5.17. The Kier molecular flexibility index (Phi) is 7.48. The van der Waals surface area contributed by atoms with E-state index >= 15 is 0 Å². The zero-order valence-corrected chi connectivity index (χ0v) is 25.9. The van der Waals surface area contributed by atoms with Crippen LogP contribution >= 0.6 is 11.3 Å². The normalized spacial score (nSPS) is 23.6. The Labute approximate surface area is 253 Å². The number of rotatable bonds is 10. The Bertz CT molecular complexity index is 1850. The van der Waals surface area contributed by atoms with Crippen LogP contribution in [-0.2, 0) is 14.6 Å². The van der Waals surface area contributed by atoms with Gasteiger partial charge in [-0.1, -0.05) is 6.08 Å². The number of methoxy groups -OCH3 is 1. The summed E-state index contributed by atoms with van der Waals surface area (Å²) in [5, 5.41) is 17.9. The standard InChI is InChI=1S/C30H33FN6O4S2/c1-6-19(41-5)14-33-29-34-16(3)24(28-36-25-17(4)32-10-9-23(25)42-28)27(37-29)35-18-12-21-26(30(21,38)13-18)43(39,40)20-7-8-22(31)15(2)11-20/h6-11,18-19,21,26,38H,1,12-14H2,2-5H3,(H2,33,34,35,37)/t18-,19-,21-,26?,30+/m1/s1. The van der Waals surface area contributed by atoms with Gasteiger partial charge in [-0.05, 0) is 63.4 Å². The summed E-state index contributed by atoms with van der Waals surface area (Å²) in [5.41, 5.74) is 1.94. The highest BCUT2D eigenvalue weighted by atomic mass is 32.2. The third-order valence-electron chi connectivity index (χ3n) is 8.46. The molecule has 2 fully saturated rings. The number of benzene rings is 1. The van der Waals surface area contributed by atoms with Crippen molar-refractivity contribution in [2.75, 3.05) is 24.3 Å². The molecule has 0 spiro atoms. The average molecular weight is 625 g/mol. The molecule has 3 aromatic heterocycles. The Morgan fingerprint density at radius 1 is 1.23 bits per heavy atom. The van der Waals surface area contributed by atoms with E-state index in [-0.39, 0.29) is 29.0 Å². The molecule has 2 aliphatic carbocycles. The lowest BCUT2D eigenvalue weighted by molar-refractivity contribution is 0.142. The quantitative estimate of drug-likeness (QED) is 0.169. The van der Waals surface area contributed by atoms with E-state index in [0.717, 1.165) is 32.5 Å². The van der Waals surface area contributed by atoms with Crippen molar-refractivity contribution in [2.24, 2.45) is 5.92 Å². The van der Waals surface area contributed by atoms with Crippen LogP contribution in [0.3, 0.4) is 0 Å². The van der Waals surface area contributed by atoms with Crippen molar-refractivity contribution in [1.29, 1.82) is 0 Å². The highest BCUT2D eigenvalue weighted by Crippen LogP contribution is 2.61. The highest BCUT2D eigenvalue weighted by molar-refractivity contribution is 7.92. The van der Waals surface area contributed by atoms with Crippen molar-refractivity contribution < 1.29 is 22.7 Å². The maximum atomic E-state index is 13.8. The highest BCUT2D eigenvalue weighted by Gasteiger charge is 2.74. The number of thiazole rings is 1. The second-order valence-corrected chi connectivity index (χ2v) is 14.4. The number of fused-ring (bicyclic) bond motifs is 2. The summed E-state index contributed by atoms with van der Waals surface area (Å²) in [7, 11) is -2.24. The summed E-state index contributed by atoms with van der Waals surface area (Å²) >= 11 is 1.51. The molecule has 5 atom stereocenters. The number of aliphatic hydroxyl groups is 1. The van der Waals surface area contributed by atoms with Crippen LogP contribution in [0.15, 0.2) is 48.0 Å². The van der Waals surface area contributed by atoms with Gasteiger partial charge in [0.05, 0.1) is 38.3 Å². The molecule has 3 heterocycles.